The van der Waals surface area contributed by atoms with Crippen molar-refractivity contribution in [3.63, 3.8) is 0 Å². The minimum Gasteiger partial charge on any atom is -0.294 e. The SMILES string of the molecule is C[C@@H]1[C@H](C(=O)c2ccccc2)C1(Cl)Cl. The molecule has 0 aliphatic heterocycles. The molecule has 1 aromatic carbocycles. The fourth-order valence-electron chi connectivity index (χ4n) is 1.66. The number of halogens is 2. The number of carbonyl (C=O) groups is 1. The van der Waals surface area contributed by atoms with Gasteiger partial charge in [-0.2, -0.15) is 0 Å². The van der Waals surface area contributed by atoms with E-state index in [0.29, 0.717) is 5.56 Å². The Kier molecular flexibility index (Phi) is 2.32. The van der Waals surface area contributed by atoms with Crippen molar-refractivity contribution >= 4 is 29.0 Å². The maximum atomic E-state index is 11.9. The van der Waals surface area contributed by atoms with Crippen molar-refractivity contribution < 1.29 is 4.79 Å². The predicted molar refractivity (Wildman–Crippen MR) is 57.9 cm³/mol. The number of hydrogen-bond acceptors (Lipinski definition) is 1. The maximum absolute atomic E-state index is 11.9. The van der Waals surface area contributed by atoms with Crippen LogP contribution < -0.4 is 0 Å². The van der Waals surface area contributed by atoms with Crippen molar-refractivity contribution in [1.82, 2.24) is 0 Å². The van der Waals surface area contributed by atoms with Gasteiger partial charge < -0.3 is 0 Å². The van der Waals surface area contributed by atoms with Crippen LogP contribution >= 0.6 is 23.2 Å². The Labute approximate surface area is 93.0 Å². The summed E-state index contributed by atoms with van der Waals surface area (Å²) in [5, 5.41) is 0. The summed E-state index contributed by atoms with van der Waals surface area (Å²) in [6, 6.07) is 9.13. The highest BCUT2D eigenvalue weighted by atomic mass is 35.5. The van der Waals surface area contributed by atoms with E-state index < -0.39 is 4.33 Å². The van der Waals surface area contributed by atoms with Crippen molar-refractivity contribution in [2.24, 2.45) is 11.8 Å². The number of Topliss-reactive ketones (excluding diaryl/α,β-unsaturated/α-hetero) is 1. The van der Waals surface area contributed by atoms with Crippen LogP contribution in [0.4, 0.5) is 0 Å². The minimum absolute atomic E-state index is 0.0445. The van der Waals surface area contributed by atoms with Gasteiger partial charge >= 0.3 is 0 Å². The molecule has 0 spiro atoms. The third-order valence-corrected chi connectivity index (χ3v) is 3.91. The van der Waals surface area contributed by atoms with Gasteiger partial charge in [0.2, 0.25) is 0 Å². The Morgan fingerprint density at radius 1 is 1.29 bits per heavy atom. The number of hydrogen-bond donors (Lipinski definition) is 0. The summed E-state index contributed by atoms with van der Waals surface area (Å²) in [5.41, 5.74) is 0.688. The fraction of sp³-hybridized carbons (Fsp3) is 0.364. The van der Waals surface area contributed by atoms with Gasteiger partial charge in [-0.1, -0.05) is 37.3 Å². The molecule has 3 heteroatoms. The molecule has 0 N–H and O–H groups in total. The van der Waals surface area contributed by atoms with Gasteiger partial charge in [0.05, 0.1) is 5.92 Å². The Morgan fingerprint density at radius 2 is 1.79 bits per heavy atom. The van der Waals surface area contributed by atoms with Crippen LogP contribution in [0, 0.1) is 11.8 Å². The van der Waals surface area contributed by atoms with Crippen LogP contribution in [0.5, 0.6) is 0 Å². The topological polar surface area (TPSA) is 17.1 Å². The van der Waals surface area contributed by atoms with Crippen molar-refractivity contribution in [3.8, 4) is 0 Å². The molecule has 1 aliphatic rings. The van der Waals surface area contributed by atoms with Gasteiger partial charge in [0.1, 0.15) is 4.33 Å². The third-order valence-electron chi connectivity index (χ3n) is 2.75. The molecule has 0 radical (unpaired) electrons. The molecule has 0 saturated heterocycles. The van der Waals surface area contributed by atoms with Gasteiger partial charge in [0.15, 0.2) is 5.78 Å². The van der Waals surface area contributed by atoms with Crippen LogP contribution in [-0.2, 0) is 0 Å². The zero-order valence-corrected chi connectivity index (χ0v) is 9.22. The lowest BCUT2D eigenvalue weighted by Gasteiger charge is -1.99. The smallest absolute Gasteiger partial charge is 0.169 e. The van der Waals surface area contributed by atoms with E-state index in [9.17, 15) is 4.79 Å². The van der Waals surface area contributed by atoms with Crippen LogP contribution in [0.15, 0.2) is 30.3 Å². The molecule has 1 aromatic rings. The highest BCUT2D eigenvalue weighted by Crippen LogP contribution is 2.59. The predicted octanol–water partition coefficient (Wildman–Crippen LogP) is 3.31. The van der Waals surface area contributed by atoms with Gasteiger partial charge in [0.25, 0.3) is 0 Å². The summed E-state index contributed by atoms with van der Waals surface area (Å²) in [4.78, 5) is 11.9. The van der Waals surface area contributed by atoms with E-state index in [1.165, 1.54) is 0 Å². The number of benzene rings is 1. The van der Waals surface area contributed by atoms with Crippen molar-refractivity contribution in [2.75, 3.05) is 0 Å². The van der Waals surface area contributed by atoms with Gasteiger partial charge in [0, 0.05) is 11.5 Å². The van der Waals surface area contributed by atoms with E-state index in [2.05, 4.69) is 0 Å². The standard InChI is InChI=1S/C11H10Cl2O/c1-7-9(11(7,12)13)10(14)8-5-3-2-4-6-8/h2-7,9H,1H3/t7-,9-/m1/s1. The second kappa shape index (κ2) is 3.25. The van der Waals surface area contributed by atoms with Gasteiger partial charge in [-0.3, -0.25) is 4.79 Å². The molecule has 0 bridgehead atoms. The fourth-order valence-corrected chi connectivity index (χ4v) is 2.37. The molecule has 0 unspecified atom stereocenters. The molecule has 0 amide bonds. The first-order valence-corrected chi connectivity index (χ1v) is 5.28. The van der Waals surface area contributed by atoms with E-state index in [1.807, 2.05) is 25.1 Å². The molecular formula is C11H10Cl2O. The Morgan fingerprint density at radius 3 is 2.21 bits per heavy atom. The maximum Gasteiger partial charge on any atom is 0.169 e. The zero-order chi connectivity index (χ0) is 10.3. The molecule has 1 fully saturated rings. The molecular weight excluding hydrogens is 219 g/mol. The molecule has 1 nitrogen and oxygen atoms in total. The summed E-state index contributed by atoms with van der Waals surface area (Å²) < 4.78 is -0.854. The lowest BCUT2D eigenvalue weighted by molar-refractivity contribution is 0.0961. The summed E-state index contributed by atoms with van der Waals surface area (Å²) in [7, 11) is 0. The second-order valence-corrected chi connectivity index (χ2v) is 5.12. The summed E-state index contributed by atoms with van der Waals surface area (Å²) in [6.07, 6.45) is 0. The van der Waals surface area contributed by atoms with Gasteiger partial charge in [-0.05, 0) is 0 Å². The number of rotatable bonds is 2. The molecule has 0 aromatic heterocycles. The molecule has 2 rings (SSSR count). The van der Waals surface area contributed by atoms with Gasteiger partial charge in [-0.15, -0.1) is 23.2 Å². The first kappa shape index (κ1) is 10.0. The third kappa shape index (κ3) is 1.45. The number of ketones is 1. The average Bonchev–Trinajstić information content (AvgIpc) is 2.67. The lowest BCUT2D eigenvalue weighted by Crippen LogP contribution is -2.06. The van der Waals surface area contributed by atoms with Crippen LogP contribution in [0.3, 0.4) is 0 Å². The highest BCUT2D eigenvalue weighted by molar-refractivity contribution is 6.53. The monoisotopic (exact) mass is 228 g/mol. The molecule has 2 atom stereocenters. The van der Waals surface area contributed by atoms with E-state index in [0.717, 1.165) is 0 Å². The Bertz CT molecular complexity index is 359. The summed E-state index contributed by atoms with van der Waals surface area (Å²) >= 11 is 11.9. The van der Waals surface area contributed by atoms with Crippen LogP contribution in [0.25, 0.3) is 0 Å². The first-order valence-electron chi connectivity index (χ1n) is 4.52. The van der Waals surface area contributed by atoms with E-state index in [1.54, 1.807) is 12.1 Å². The molecule has 0 heterocycles. The average molecular weight is 229 g/mol. The zero-order valence-electron chi connectivity index (χ0n) is 7.71. The molecule has 1 aliphatic carbocycles. The highest BCUT2D eigenvalue weighted by Gasteiger charge is 2.64. The molecule has 74 valence electrons. The summed E-state index contributed by atoms with van der Waals surface area (Å²) in [5.74, 6) is -0.144. The van der Waals surface area contributed by atoms with E-state index in [-0.39, 0.29) is 17.6 Å². The van der Waals surface area contributed by atoms with Crippen molar-refractivity contribution in [3.05, 3.63) is 35.9 Å². The van der Waals surface area contributed by atoms with Crippen LogP contribution in [0.1, 0.15) is 17.3 Å². The summed E-state index contributed by atoms with van der Waals surface area (Å²) in [6.45, 7) is 1.89. The quantitative estimate of drug-likeness (QED) is 0.561. The first-order chi connectivity index (χ1) is 6.55. The molecule has 14 heavy (non-hydrogen) atoms. The number of carbonyl (C=O) groups excluding carboxylic acids is 1. The largest absolute Gasteiger partial charge is 0.294 e. The Balaban J connectivity index is 2.20. The Hall–Kier alpha value is -0.530. The lowest BCUT2D eigenvalue weighted by atomic mass is 10.1. The van der Waals surface area contributed by atoms with Crippen molar-refractivity contribution in [1.29, 1.82) is 0 Å². The van der Waals surface area contributed by atoms with E-state index >= 15 is 0 Å². The van der Waals surface area contributed by atoms with Crippen molar-refractivity contribution in [2.45, 2.75) is 11.3 Å². The van der Waals surface area contributed by atoms with Gasteiger partial charge in [-0.25, -0.2) is 0 Å². The van der Waals surface area contributed by atoms with E-state index in [4.69, 9.17) is 23.2 Å². The normalized spacial score (nSPS) is 28.5. The second-order valence-electron chi connectivity index (χ2n) is 3.67. The number of alkyl halides is 2. The van der Waals surface area contributed by atoms with Crippen LogP contribution in [0.2, 0.25) is 0 Å². The molecule has 1 saturated carbocycles. The minimum atomic E-state index is -0.854. The van der Waals surface area contributed by atoms with Crippen LogP contribution in [-0.4, -0.2) is 10.1 Å².